The molecule has 13 nitrogen and oxygen atoms in total. The quantitative estimate of drug-likeness (QED) is 0.195. The van der Waals surface area contributed by atoms with E-state index in [0.717, 1.165) is 58.0 Å². The summed E-state index contributed by atoms with van der Waals surface area (Å²) in [4.78, 5) is 18.5. The molecule has 3 unspecified atom stereocenters. The lowest BCUT2D eigenvalue weighted by molar-refractivity contribution is -0.0124. The number of terminal acetylenes is 1. The number of sulfonamides is 1. The summed E-state index contributed by atoms with van der Waals surface area (Å²) < 4.78 is 77.3. The van der Waals surface area contributed by atoms with Crippen molar-refractivity contribution < 1.29 is 41.6 Å². The fourth-order valence-corrected chi connectivity index (χ4v) is 11.1. The Kier molecular flexibility index (Phi) is 11.4. The van der Waals surface area contributed by atoms with Gasteiger partial charge in [0.2, 0.25) is 15.9 Å². The van der Waals surface area contributed by atoms with E-state index in [1.807, 2.05) is 0 Å². The van der Waals surface area contributed by atoms with E-state index in [0.29, 0.717) is 37.5 Å². The Morgan fingerprint density at radius 1 is 1.05 bits per heavy atom. The molecule has 1 aliphatic carbocycles. The van der Waals surface area contributed by atoms with Crippen molar-refractivity contribution in [2.24, 2.45) is 11.3 Å². The molecule has 316 valence electrons. The van der Waals surface area contributed by atoms with Gasteiger partial charge in [0.15, 0.2) is 5.82 Å². The lowest BCUT2D eigenvalue weighted by Gasteiger charge is -2.47. The van der Waals surface area contributed by atoms with Gasteiger partial charge in [0.25, 0.3) is 0 Å². The number of methoxy groups -OCH3 is 1. The molecule has 3 saturated heterocycles. The van der Waals surface area contributed by atoms with Crippen molar-refractivity contribution in [2.45, 2.75) is 70.4 Å². The SMILES string of the molecule is C#Cc1c(F)ccc2cc(O)cc(-c3nc(OC)c4c(N5CCOCC(C)(O)C5)nc(OCC56CCCC5N(CC5CCN(S(=O)(=O)CC)CC5)CCC6)nc4c3F)c12. The third kappa shape index (κ3) is 7.88. The Labute approximate surface area is 343 Å². The van der Waals surface area contributed by atoms with Crippen molar-refractivity contribution in [2.75, 3.05) is 76.9 Å². The number of nitrogens with zero attached hydrogens (tertiary/aromatic N) is 6. The Morgan fingerprint density at radius 3 is 2.58 bits per heavy atom. The van der Waals surface area contributed by atoms with Gasteiger partial charge in [0.05, 0.1) is 44.8 Å². The number of β-amino-alcohol motifs (C(OH)–C–C–N with tert-alkyl or cyclic N) is 1. The molecule has 2 aromatic heterocycles. The van der Waals surface area contributed by atoms with Crippen LogP contribution in [0.1, 0.15) is 64.4 Å². The highest BCUT2D eigenvalue weighted by atomic mass is 32.2. The van der Waals surface area contributed by atoms with Gasteiger partial charge in [-0.05, 0) is 88.4 Å². The number of ether oxygens (including phenoxy) is 3. The van der Waals surface area contributed by atoms with Crippen LogP contribution >= 0.6 is 0 Å². The Hall–Kier alpha value is -4.40. The number of hydrogen-bond donors (Lipinski definition) is 2. The first-order valence-electron chi connectivity index (χ1n) is 20.5. The van der Waals surface area contributed by atoms with Crippen LogP contribution in [-0.2, 0) is 14.8 Å². The number of likely N-dealkylation sites (tertiary alicyclic amines) is 1. The van der Waals surface area contributed by atoms with Crippen LogP contribution in [0, 0.1) is 35.3 Å². The first-order chi connectivity index (χ1) is 28.3. The third-order valence-electron chi connectivity index (χ3n) is 12.8. The minimum Gasteiger partial charge on any atom is -0.508 e. The maximum Gasteiger partial charge on any atom is 0.319 e. The summed E-state index contributed by atoms with van der Waals surface area (Å²) in [5.41, 5.74) is -1.97. The Morgan fingerprint density at radius 2 is 1.83 bits per heavy atom. The normalized spacial score (nSPS) is 24.9. The van der Waals surface area contributed by atoms with Gasteiger partial charge in [0.1, 0.15) is 39.6 Å². The molecule has 16 heteroatoms. The molecule has 1 saturated carbocycles. The maximum absolute atomic E-state index is 17.4. The predicted octanol–water partition coefficient (Wildman–Crippen LogP) is 5.48. The monoisotopic (exact) mass is 834 g/mol. The highest BCUT2D eigenvalue weighted by Gasteiger charge is 2.49. The number of pyridine rings is 1. The minimum absolute atomic E-state index is 0.0339. The fraction of sp³-hybridized carbons (Fsp3) is 0.558. The van der Waals surface area contributed by atoms with Crippen LogP contribution in [-0.4, -0.2) is 126 Å². The molecule has 0 bridgehead atoms. The zero-order valence-electron chi connectivity index (χ0n) is 33.8. The number of halogens is 2. The molecule has 5 heterocycles. The zero-order valence-corrected chi connectivity index (χ0v) is 34.7. The van der Waals surface area contributed by atoms with Crippen LogP contribution in [0.5, 0.6) is 17.6 Å². The number of anilines is 1. The standard InChI is InChI=1S/C43H52F2N6O7S/c1-5-30-32(44)11-10-28-21-29(52)22-31(34(28)30)37-36(45)38-35(40(46-37)56-4)39(50-19-20-57-25-42(3,53)24-50)48-41(47-38)58-26-43-14-7-9-33(43)49(16-8-15-43)23-27-12-17-51(18-13-27)59(54,55)6-2/h1,10-11,21-22,27,33,52-53H,6-9,12-20,23-26H2,2-4H3. The highest BCUT2D eigenvalue weighted by molar-refractivity contribution is 7.89. The molecule has 2 aromatic carbocycles. The summed E-state index contributed by atoms with van der Waals surface area (Å²) in [6, 6.07) is 5.54. The van der Waals surface area contributed by atoms with Gasteiger partial charge in [-0.1, -0.05) is 18.4 Å². The van der Waals surface area contributed by atoms with Crippen LogP contribution in [0.2, 0.25) is 0 Å². The summed E-state index contributed by atoms with van der Waals surface area (Å²) in [5, 5.41) is 22.7. The Balaban J connectivity index is 1.17. The number of phenolic OH excluding ortho intramolecular Hbond substituents is 1. The summed E-state index contributed by atoms with van der Waals surface area (Å²) >= 11 is 0. The maximum atomic E-state index is 17.4. The number of hydrogen-bond acceptors (Lipinski definition) is 12. The minimum atomic E-state index is -3.20. The molecule has 4 aliphatic rings. The van der Waals surface area contributed by atoms with E-state index in [9.17, 15) is 18.6 Å². The average molecular weight is 835 g/mol. The number of rotatable bonds is 10. The smallest absolute Gasteiger partial charge is 0.319 e. The van der Waals surface area contributed by atoms with Gasteiger partial charge in [-0.2, -0.15) is 9.97 Å². The number of aromatic nitrogens is 3. The van der Waals surface area contributed by atoms with Gasteiger partial charge >= 0.3 is 6.01 Å². The molecule has 3 aliphatic heterocycles. The van der Waals surface area contributed by atoms with Crippen molar-refractivity contribution in [1.29, 1.82) is 0 Å². The summed E-state index contributed by atoms with van der Waals surface area (Å²) in [6.07, 6.45) is 12.3. The second-order valence-electron chi connectivity index (χ2n) is 16.9. The molecular formula is C43H52F2N6O7S. The first-order valence-corrected chi connectivity index (χ1v) is 22.1. The molecule has 3 atom stereocenters. The molecule has 0 spiro atoms. The van der Waals surface area contributed by atoms with Gasteiger partial charge < -0.3 is 29.3 Å². The molecule has 8 rings (SSSR count). The number of piperidine rings is 2. The topological polar surface area (TPSA) is 151 Å². The molecule has 2 N–H and O–H groups in total. The summed E-state index contributed by atoms with van der Waals surface area (Å²) in [6.45, 7) is 7.35. The molecule has 59 heavy (non-hydrogen) atoms. The van der Waals surface area contributed by atoms with Gasteiger partial charge in [-0.3, -0.25) is 4.90 Å². The van der Waals surface area contributed by atoms with Crippen molar-refractivity contribution in [1.82, 2.24) is 24.2 Å². The van der Waals surface area contributed by atoms with Crippen LogP contribution in [0.15, 0.2) is 24.3 Å². The molecule has 4 aromatic rings. The van der Waals surface area contributed by atoms with Gasteiger partial charge in [-0.25, -0.2) is 26.5 Å². The number of aromatic hydroxyl groups is 1. The molecule has 0 amide bonds. The summed E-state index contributed by atoms with van der Waals surface area (Å²) in [5.74, 6) is 1.32. The first kappa shape index (κ1) is 41.3. The number of phenols is 1. The second kappa shape index (κ2) is 16.2. The van der Waals surface area contributed by atoms with Crippen LogP contribution in [0.4, 0.5) is 14.6 Å². The van der Waals surface area contributed by atoms with Crippen molar-refractivity contribution in [3.63, 3.8) is 0 Å². The second-order valence-corrected chi connectivity index (χ2v) is 19.1. The van der Waals surface area contributed by atoms with Crippen molar-refractivity contribution >= 4 is 37.5 Å². The molecule has 0 radical (unpaired) electrons. The van der Waals surface area contributed by atoms with E-state index in [4.69, 9.17) is 30.6 Å². The molecule has 4 fully saturated rings. The van der Waals surface area contributed by atoms with Gasteiger partial charge in [-0.15, -0.1) is 6.42 Å². The van der Waals surface area contributed by atoms with E-state index < -0.39 is 27.3 Å². The zero-order chi connectivity index (χ0) is 41.7. The van der Waals surface area contributed by atoms with Gasteiger partial charge in [0, 0.05) is 48.6 Å². The van der Waals surface area contributed by atoms with Crippen LogP contribution in [0.25, 0.3) is 32.9 Å². The van der Waals surface area contributed by atoms with Crippen molar-refractivity contribution in [3.05, 3.63) is 41.5 Å². The summed E-state index contributed by atoms with van der Waals surface area (Å²) in [7, 11) is -1.81. The van der Waals surface area contributed by atoms with E-state index in [-0.39, 0.29) is 93.5 Å². The number of fused-ring (bicyclic) bond motifs is 3. The largest absolute Gasteiger partial charge is 0.508 e. The lowest BCUT2D eigenvalue weighted by Crippen LogP contribution is -2.54. The van der Waals surface area contributed by atoms with E-state index in [1.54, 1.807) is 23.1 Å². The fourth-order valence-electron chi connectivity index (χ4n) is 9.98. The number of benzene rings is 2. The average Bonchev–Trinajstić information content (AvgIpc) is 3.57. The van der Waals surface area contributed by atoms with Crippen molar-refractivity contribution in [3.8, 4) is 41.2 Å². The Bertz CT molecular complexity index is 2400. The van der Waals surface area contributed by atoms with Crippen LogP contribution < -0.4 is 14.4 Å². The van der Waals surface area contributed by atoms with E-state index >= 15 is 8.78 Å². The molecular weight excluding hydrogens is 783 g/mol. The predicted molar refractivity (Wildman–Crippen MR) is 220 cm³/mol. The van der Waals surface area contributed by atoms with E-state index in [1.165, 1.54) is 31.4 Å². The van der Waals surface area contributed by atoms with Crippen LogP contribution in [0.3, 0.4) is 0 Å². The van der Waals surface area contributed by atoms with E-state index in [2.05, 4.69) is 15.8 Å². The third-order valence-corrected chi connectivity index (χ3v) is 14.7. The lowest BCUT2D eigenvalue weighted by atomic mass is 9.75. The highest BCUT2D eigenvalue weighted by Crippen LogP contribution is 2.49. The number of aliphatic hydroxyl groups is 1.